The van der Waals surface area contributed by atoms with Gasteiger partial charge in [-0.25, -0.2) is 0 Å². The molecule has 13 heavy (non-hydrogen) atoms. The summed E-state index contributed by atoms with van der Waals surface area (Å²) in [6.07, 6.45) is 9.37. The number of carbonyl (C=O) groups excluding carboxylic acids is 1. The zero-order chi connectivity index (χ0) is 9.68. The maximum Gasteiger partial charge on any atom is 0.245 e. The van der Waals surface area contributed by atoms with Crippen LogP contribution in [-0.4, -0.2) is 5.24 Å². The summed E-state index contributed by atoms with van der Waals surface area (Å²) in [5.41, 5.74) is 2.70. The van der Waals surface area contributed by atoms with E-state index in [1.807, 2.05) is 6.08 Å². The Morgan fingerprint density at radius 1 is 1.31 bits per heavy atom. The van der Waals surface area contributed by atoms with E-state index in [9.17, 15) is 4.79 Å². The van der Waals surface area contributed by atoms with E-state index in [1.54, 1.807) is 6.08 Å². The Hall–Kier alpha value is -0.820. The van der Waals surface area contributed by atoms with Crippen molar-refractivity contribution in [3.05, 3.63) is 36.0 Å². The first-order valence-corrected chi connectivity index (χ1v) is 4.78. The lowest BCUT2D eigenvalue weighted by Crippen LogP contribution is -1.95. The van der Waals surface area contributed by atoms with E-state index >= 15 is 0 Å². The third-order valence-electron chi connectivity index (χ3n) is 2.16. The number of hydrogen-bond donors (Lipinski definition) is 0. The fraction of sp³-hybridized carbons (Fsp3) is 0.364. The summed E-state index contributed by atoms with van der Waals surface area (Å²) in [4.78, 5) is 10.4. The molecule has 0 bridgehead atoms. The van der Waals surface area contributed by atoms with E-state index in [0.29, 0.717) is 0 Å². The second-order valence-corrected chi connectivity index (χ2v) is 3.61. The topological polar surface area (TPSA) is 17.1 Å². The van der Waals surface area contributed by atoms with Crippen molar-refractivity contribution < 1.29 is 4.79 Å². The zero-order valence-electron chi connectivity index (χ0n) is 7.55. The Bertz CT molecular complexity index is 262. The van der Waals surface area contributed by atoms with Gasteiger partial charge in [0.2, 0.25) is 5.24 Å². The number of hydrogen-bond acceptors (Lipinski definition) is 1. The van der Waals surface area contributed by atoms with Crippen molar-refractivity contribution in [1.82, 2.24) is 0 Å². The van der Waals surface area contributed by atoms with Crippen molar-refractivity contribution >= 4 is 16.8 Å². The molecule has 0 unspecified atom stereocenters. The van der Waals surface area contributed by atoms with Crippen LogP contribution < -0.4 is 0 Å². The van der Waals surface area contributed by atoms with Gasteiger partial charge in [-0.3, -0.25) is 4.79 Å². The van der Waals surface area contributed by atoms with Crippen LogP contribution in [0.3, 0.4) is 0 Å². The lowest BCUT2D eigenvalue weighted by atomic mass is 9.91. The van der Waals surface area contributed by atoms with Crippen LogP contribution in [-0.2, 0) is 4.79 Å². The molecule has 0 N–H and O–H groups in total. The molecule has 0 spiro atoms. The van der Waals surface area contributed by atoms with Crippen molar-refractivity contribution in [2.24, 2.45) is 0 Å². The molecule has 0 radical (unpaired) electrons. The van der Waals surface area contributed by atoms with Crippen LogP contribution in [0, 0.1) is 0 Å². The first-order valence-electron chi connectivity index (χ1n) is 4.40. The van der Waals surface area contributed by atoms with Gasteiger partial charge in [0.05, 0.1) is 0 Å². The van der Waals surface area contributed by atoms with Gasteiger partial charge >= 0.3 is 0 Å². The van der Waals surface area contributed by atoms with Crippen LogP contribution in [0.4, 0.5) is 0 Å². The van der Waals surface area contributed by atoms with Gasteiger partial charge in [0, 0.05) is 0 Å². The molecule has 0 aliphatic heterocycles. The minimum atomic E-state index is -0.419. The van der Waals surface area contributed by atoms with Crippen molar-refractivity contribution in [3.8, 4) is 0 Å². The molecule has 0 aromatic carbocycles. The average Bonchev–Trinajstić information content (AvgIpc) is 2.08. The minimum absolute atomic E-state index is 0.419. The Morgan fingerprint density at radius 3 is 2.46 bits per heavy atom. The standard InChI is InChI=1S/C11H13ClO/c1-9-5-7-10(8-6-9)3-2-4-11(12)13/h2-4H,1,5-8H2/b4-2+. The van der Waals surface area contributed by atoms with Crippen molar-refractivity contribution in [1.29, 1.82) is 0 Å². The third-order valence-corrected chi connectivity index (χ3v) is 2.28. The van der Waals surface area contributed by atoms with Crippen LogP contribution in [0.2, 0.25) is 0 Å². The van der Waals surface area contributed by atoms with Gasteiger partial charge in [-0.05, 0) is 43.4 Å². The van der Waals surface area contributed by atoms with E-state index in [4.69, 9.17) is 11.6 Å². The summed E-state index contributed by atoms with van der Waals surface area (Å²) in [6, 6.07) is 0. The van der Waals surface area contributed by atoms with Gasteiger partial charge < -0.3 is 0 Å². The highest BCUT2D eigenvalue weighted by atomic mass is 35.5. The molecule has 2 heteroatoms. The molecule has 1 saturated carbocycles. The SMILES string of the molecule is C=C1CCC(=C/C=C/C(=O)Cl)CC1. The summed E-state index contributed by atoms with van der Waals surface area (Å²) in [7, 11) is 0. The highest BCUT2D eigenvalue weighted by Crippen LogP contribution is 2.25. The first-order chi connectivity index (χ1) is 6.18. The Kier molecular flexibility index (Phi) is 3.97. The Balaban J connectivity index is 2.44. The van der Waals surface area contributed by atoms with Crippen LogP contribution in [0.25, 0.3) is 0 Å². The van der Waals surface area contributed by atoms with Crippen molar-refractivity contribution in [2.75, 3.05) is 0 Å². The molecular formula is C11H13ClO. The van der Waals surface area contributed by atoms with Crippen LogP contribution in [0.5, 0.6) is 0 Å². The molecule has 0 aromatic rings. The summed E-state index contributed by atoms with van der Waals surface area (Å²) >= 11 is 5.15. The fourth-order valence-corrected chi connectivity index (χ4v) is 1.42. The van der Waals surface area contributed by atoms with Gasteiger partial charge in [0.25, 0.3) is 0 Å². The van der Waals surface area contributed by atoms with Crippen LogP contribution in [0.15, 0.2) is 36.0 Å². The van der Waals surface area contributed by atoms with E-state index in [0.717, 1.165) is 25.7 Å². The van der Waals surface area contributed by atoms with Gasteiger partial charge in [-0.15, -0.1) is 0 Å². The molecule has 1 fully saturated rings. The van der Waals surface area contributed by atoms with E-state index in [2.05, 4.69) is 6.58 Å². The predicted octanol–water partition coefficient (Wildman–Crippen LogP) is 3.36. The summed E-state index contributed by atoms with van der Waals surface area (Å²) < 4.78 is 0. The second-order valence-electron chi connectivity index (χ2n) is 3.24. The average molecular weight is 197 g/mol. The molecule has 0 amide bonds. The maximum absolute atomic E-state index is 10.4. The lowest BCUT2D eigenvalue weighted by molar-refractivity contribution is -0.107. The van der Waals surface area contributed by atoms with E-state index < -0.39 is 5.24 Å². The Morgan fingerprint density at radius 2 is 1.92 bits per heavy atom. The number of carbonyl (C=O) groups is 1. The van der Waals surface area contributed by atoms with Crippen LogP contribution >= 0.6 is 11.6 Å². The fourth-order valence-electron chi connectivity index (χ4n) is 1.35. The molecule has 1 aliphatic carbocycles. The monoisotopic (exact) mass is 196 g/mol. The smallest absolute Gasteiger partial charge is 0.245 e. The molecule has 1 rings (SSSR count). The van der Waals surface area contributed by atoms with Gasteiger partial charge in [0.1, 0.15) is 0 Å². The highest BCUT2D eigenvalue weighted by Gasteiger charge is 2.06. The summed E-state index contributed by atoms with van der Waals surface area (Å²) in [5.74, 6) is 0. The number of rotatable bonds is 2. The number of halogens is 1. The first kappa shape index (κ1) is 10.3. The second kappa shape index (κ2) is 5.03. The van der Waals surface area contributed by atoms with Crippen molar-refractivity contribution in [2.45, 2.75) is 25.7 Å². The summed E-state index contributed by atoms with van der Waals surface area (Å²) in [5, 5.41) is -0.419. The van der Waals surface area contributed by atoms with E-state index in [-0.39, 0.29) is 0 Å². The van der Waals surface area contributed by atoms with E-state index in [1.165, 1.54) is 17.2 Å². The predicted molar refractivity (Wildman–Crippen MR) is 55.7 cm³/mol. The Labute approximate surface area is 83.8 Å². The molecule has 0 aromatic heterocycles. The molecular weight excluding hydrogens is 184 g/mol. The highest BCUT2D eigenvalue weighted by molar-refractivity contribution is 6.66. The van der Waals surface area contributed by atoms with Gasteiger partial charge in [0.15, 0.2) is 0 Å². The maximum atomic E-state index is 10.4. The van der Waals surface area contributed by atoms with Gasteiger partial charge in [-0.2, -0.15) is 0 Å². The molecule has 1 nitrogen and oxygen atoms in total. The third kappa shape index (κ3) is 4.09. The molecule has 1 aliphatic rings. The van der Waals surface area contributed by atoms with Gasteiger partial charge in [-0.1, -0.05) is 29.9 Å². The normalized spacial score (nSPS) is 17.9. The minimum Gasteiger partial charge on any atom is -0.276 e. The lowest BCUT2D eigenvalue weighted by Gasteiger charge is -2.15. The molecule has 0 atom stereocenters. The van der Waals surface area contributed by atoms with Crippen molar-refractivity contribution in [3.63, 3.8) is 0 Å². The largest absolute Gasteiger partial charge is 0.276 e. The number of allylic oxidation sites excluding steroid dienone is 5. The molecule has 70 valence electrons. The van der Waals surface area contributed by atoms with Crippen LogP contribution in [0.1, 0.15) is 25.7 Å². The summed E-state index contributed by atoms with van der Waals surface area (Å²) in [6.45, 7) is 3.94. The molecule has 0 saturated heterocycles. The quantitative estimate of drug-likeness (QED) is 0.376. The molecule has 0 heterocycles. The zero-order valence-corrected chi connectivity index (χ0v) is 8.31.